The van der Waals surface area contributed by atoms with E-state index in [1.165, 1.54) is 4.63 Å². The van der Waals surface area contributed by atoms with E-state index in [4.69, 9.17) is 4.52 Å². The van der Waals surface area contributed by atoms with E-state index in [2.05, 4.69) is 30.6 Å². The number of fused-ring (bicyclic) bond motifs is 1. The summed E-state index contributed by atoms with van der Waals surface area (Å²) >= 11 is 0. The van der Waals surface area contributed by atoms with E-state index in [0.29, 0.717) is 22.9 Å². The van der Waals surface area contributed by atoms with E-state index in [1.54, 1.807) is 13.0 Å². The number of nitrogens with one attached hydrogen (secondary N) is 1. The fraction of sp³-hybridized carbons (Fsp3) is 0.300. The Morgan fingerprint density at radius 1 is 1.22 bits per heavy atom. The molecule has 3 aromatic rings. The Morgan fingerprint density at radius 3 is 2.78 bits per heavy atom. The normalized spacial score (nSPS) is 11.9. The van der Waals surface area contributed by atoms with Crippen molar-refractivity contribution < 1.29 is 4.52 Å². The average Bonchev–Trinajstić information content (AvgIpc) is 2.92. The molecule has 0 fully saturated rings. The van der Waals surface area contributed by atoms with Gasteiger partial charge in [-0.3, -0.25) is 0 Å². The maximum atomic E-state index is 4.91. The molecule has 0 radical (unpaired) electrons. The molecule has 0 bridgehead atoms. The van der Waals surface area contributed by atoms with Crippen LogP contribution in [0.1, 0.15) is 17.3 Å². The molecule has 92 valence electrons. The van der Waals surface area contributed by atoms with Crippen LogP contribution in [-0.4, -0.2) is 25.0 Å². The van der Waals surface area contributed by atoms with Gasteiger partial charge >= 0.3 is 0 Å². The Hall–Kier alpha value is -2.51. The van der Waals surface area contributed by atoms with Crippen LogP contribution in [0.3, 0.4) is 0 Å². The van der Waals surface area contributed by atoms with Gasteiger partial charge in [0.05, 0.1) is 5.69 Å². The lowest BCUT2D eigenvalue weighted by Gasteiger charge is -1.86. The minimum Gasteiger partial charge on any atom is -0.359 e. The topological polar surface area (TPSA) is 96.7 Å². The molecule has 0 amide bonds. The van der Waals surface area contributed by atoms with Gasteiger partial charge in [-0.05, 0) is 20.8 Å². The van der Waals surface area contributed by atoms with E-state index >= 15 is 0 Å². The molecule has 0 saturated heterocycles. The molecule has 3 aromatic heterocycles. The summed E-state index contributed by atoms with van der Waals surface area (Å²) < 4.78 is 6.42. The van der Waals surface area contributed by atoms with Crippen LogP contribution in [0.5, 0.6) is 0 Å². The monoisotopic (exact) mass is 245 g/mol. The molecule has 0 atom stereocenters. The first-order chi connectivity index (χ1) is 8.63. The molecular formula is C10H11N7O. The van der Waals surface area contributed by atoms with Gasteiger partial charge in [0.1, 0.15) is 11.6 Å². The van der Waals surface area contributed by atoms with Gasteiger partial charge in [-0.25, -0.2) is 0 Å². The summed E-state index contributed by atoms with van der Waals surface area (Å²) in [5.74, 6) is 1.90. The van der Waals surface area contributed by atoms with Crippen molar-refractivity contribution in [2.24, 2.45) is 10.2 Å². The van der Waals surface area contributed by atoms with Crippen molar-refractivity contribution in [3.63, 3.8) is 0 Å². The van der Waals surface area contributed by atoms with Crippen molar-refractivity contribution >= 4 is 17.2 Å². The summed E-state index contributed by atoms with van der Waals surface area (Å²) in [6.45, 7) is 5.50. The summed E-state index contributed by atoms with van der Waals surface area (Å²) in [6.07, 6.45) is 0. The number of aryl methyl sites for hydroxylation is 3. The third kappa shape index (κ3) is 1.67. The van der Waals surface area contributed by atoms with Crippen LogP contribution in [-0.2, 0) is 0 Å². The molecule has 3 rings (SSSR count). The number of nitrogens with zero attached hydrogens (tertiary/aromatic N) is 6. The minimum absolute atomic E-state index is 0.433. The largest absolute Gasteiger partial charge is 0.359 e. The van der Waals surface area contributed by atoms with Gasteiger partial charge in [-0.2, -0.15) is 5.10 Å². The molecule has 1 N–H and O–H groups in total. The van der Waals surface area contributed by atoms with E-state index in [0.717, 1.165) is 11.5 Å². The summed E-state index contributed by atoms with van der Waals surface area (Å²) in [7, 11) is 0. The summed E-state index contributed by atoms with van der Waals surface area (Å²) in [5.41, 5.74) is 2.11. The van der Waals surface area contributed by atoms with E-state index < -0.39 is 0 Å². The highest BCUT2D eigenvalue weighted by molar-refractivity contribution is 5.65. The fourth-order valence-corrected chi connectivity index (χ4v) is 1.65. The second-order valence-corrected chi connectivity index (χ2v) is 3.98. The average molecular weight is 245 g/mol. The Bertz CT molecular complexity index is 733. The van der Waals surface area contributed by atoms with Crippen molar-refractivity contribution in [1.29, 1.82) is 0 Å². The van der Waals surface area contributed by atoms with E-state index in [9.17, 15) is 0 Å². The van der Waals surface area contributed by atoms with Gasteiger partial charge in [-0.1, -0.05) is 5.16 Å². The molecule has 8 nitrogen and oxygen atoms in total. The first-order valence-electron chi connectivity index (χ1n) is 5.41. The minimum atomic E-state index is 0.433. The molecular weight excluding hydrogens is 234 g/mol. The van der Waals surface area contributed by atoms with Crippen molar-refractivity contribution in [1.82, 2.24) is 25.0 Å². The Morgan fingerprint density at radius 2 is 2.06 bits per heavy atom. The summed E-state index contributed by atoms with van der Waals surface area (Å²) in [5, 5.41) is 20.3. The first kappa shape index (κ1) is 10.6. The second kappa shape index (κ2) is 3.76. The molecule has 0 aliphatic carbocycles. The molecule has 0 aromatic carbocycles. The lowest BCUT2D eigenvalue weighted by Crippen LogP contribution is -1.86. The Labute approximate surface area is 102 Å². The van der Waals surface area contributed by atoms with Gasteiger partial charge in [0.25, 0.3) is 0 Å². The highest BCUT2D eigenvalue weighted by Gasteiger charge is 2.12. The maximum Gasteiger partial charge on any atom is 0.216 e. The molecule has 0 unspecified atom stereocenters. The number of aromatic amines is 1. The number of rotatable bonds is 2. The van der Waals surface area contributed by atoms with Crippen LogP contribution >= 0.6 is 0 Å². The van der Waals surface area contributed by atoms with Crippen LogP contribution in [0.4, 0.5) is 11.5 Å². The standard InChI is InChI=1S/C10H11N7O/c1-5-4-8(16-18-5)12-13-9-6(2)14-17-10(9)11-7(3)15-17/h4H,1-3H3,(H,11,15). The van der Waals surface area contributed by atoms with Gasteiger partial charge in [0.15, 0.2) is 11.3 Å². The zero-order chi connectivity index (χ0) is 12.7. The SMILES string of the molecule is Cc1nn2nc(C)c(N=Nc3cc(C)on3)c2[nH]1. The lowest BCUT2D eigenvalue weighted by atomic mass is 10.4. The zero-order valence-corrected chi connectivity index (χ0v) is 10.2. The smallest absolute Gasteiger partial charge is 0.216 e. The van der Waals surface area contributed by atoms with Crippen LogP contribution in [0, 0.1) is 20.8 Å². The van der Waals surface area contributed by atoms with Crippen LogP contribution < -0.4 is 0 Å². The number of hydrogen-bond acceptors (Lipinski definition) is 6. The number of hydrogen-bond donors (Lipinski definition) is 1. The molecule has 0 saturated carbocycles. The molecule has 8 heteroatoms. The quantitative estimate of drug-likeness (QED) is 0.701. The molecule has 0 aliphatic rings. The highest BCUT2D eigenvalue weighted by Crippen LogP contribution is 2.25. The maximum absolute atomic E-state index is 4.91. The predicted octanol–water partition coefficient (Wildman–Crippen LogP) is 2.39. The molecule has 3 heterocycles. The van der Waals surface area contributed by atoms with Crippen molar-refractivity contribution in [3.05, 3.63) is 23.3 Å². The van der Waals surface area contributed by atoms with Crippen molar-refractivity contribution in [2.45, 2.75) is 20.8 Å². The molecule has 0 spiro atoms. The van der Waals surface area contributed by atoms with Gasteiger partial charge in [0, 0.05) is 6.07 Å². The van der Waals surface area contributed by atoms with Crippen LogP contribution in [0.15, 0.2) is 20.8 Å². The lowest BCUT2D eigenvalue weighted by molar-refractivity contribution is 0.399. The third-order valence-corrected chi connectivity index (χ3v) is 2.42. The van der Waals surface area contributed by atoms with Gasteiger partial charge < -0.3 is 9.51 Å². The molecule has 0 aliphatic heterocycles. The number of azo groups is 1. The highest BCUT2D eigenvalue weighted by atomic mass is 16.5. The number of aromatic nitrogens is 5. The Balaban J connectivity index is 2.03. The van der Waals surface area contributed by atoms with Gasteiger partial charge in [0.2, 0.25) is 5.82 Å². The van der Waals surface area contributed by atoms with Gasteiger partial charge in [-0.15, -0.1) is 20.0 Å². The summed E-state index contributed by atoms with van der Waals surface area (Å²) in [4.78, 5) is 3.08. The Kier molecular flexibility index (Phi) is 2.22. The van der Waals surface area contributed by atoms with E-state index in [1.807, 2.05) is 13.8 Å². The van der Waals surface area contributed by atoms with Crippen molar-refractivity contribution in [3.8, 4) is 0 Å². The third-order valence-electron chi connectivity index (χ3n) is 2.42. The van der Waals surface area contributed by atoms with E-state index in [-0.39, 0.29) is 0 Å². The van der Waals surface area contributed by atoms with Crippen LogP contribution in [0.25, 0.3) is 5.65 Å². The predicted molar refractivity (Wildman–Crippen MR) is 62.2 cm³/mol. The van der Waals surface area contributed by atoms with Crippen molar-refractivity contribution in [2.75, 3.05) is 0 Å². The fourth-order valence-electron chi connectivity index (χ4n) is 1.65. The molecule has 18 heavy (non-hydrogen) atoms. The van der Waals surface area contributed by atoms with Crippen LogP contribution in [0.2, 0.25) is 0 Å². The number of H-pyrrole nitrogens is 1. The zero-order valence-electron chi connectivity index (χ0n) is 10.2. The first-order valence-corrected chi connectivity index (χ1v) is 5.41. The summed E-state index contributed by atoms with van der Waals surface area (Å²) in [6, 6.07) is 1.71. The second-order valence-electron chi connectivity index (χ2n) is 3.98.